The van der Waals surface area contributed by atoms with Gasteiger partial charge in [-0.2, -0.15) is 0 Å². The first-order valence-corrected chi connectivity index (χ1v) is 11.9. The Morgan fingerprint density at radius 3 is 2.66 bits per heavy atom. The van der Waals surface area contributed by atoms with Gasteiger partial charge in [-0.25, -0.2) is 4.98 Å². The van der Waals surface area contributed by atoms with Crippen molar-refractivity contribution in [3.05, 3.63) is 56.5 Å². The van der Waals surface area contributed by atoms with Gasteiger partial charge in [0.1, 0.15) is 17.5 Å². The van der Waals surface area contributed by atoms with Gasteiger partial charge < -0.3 is 41.9 Å². The smallest absolute Gasteiger partial charge is 0.320 e. The van der Waals surface area contributed by atoms with Crippen LogP contribution in [0.5, 0.6) is 5.75 Å². The number of fused-ring (bicyclic) bond motifs is 1. The van der Waals surface area contributed by atoms with Crippen LogP contribution in [0.15, 0.2) is 39.5 Å². The summed E-state index contributed by atoms with van der Waals surface area (Å²) in [5.41, 5.74) is 12.8. The summed E-state index contributed by atoms with van der Waals surface area (Å²) in [6, 6.07) is 4.61. The number of ether oxygens (including phenoxy) is 1. The molecule has 3 aromatic rings. The number of H-pyrrole nitrogens is 2. The minimum Gasteiger partial charge on any atom is -0.480 e. The Morgan fingerprint density at radius 2 is 2.03 bits per heavy atom. The second-order valence-electron chi connectivity index (χ2n) is 7.82. The third-order valence-corrected chi connectivity index (χ3v) is 7.16. The number of carbonyl (C=O) groups excluding carboxylic acids is 2. The number of nitrogens with zero attached hydrogens (tertiary/aromatic N) is 1. The van der Waals surface area contributed by atoms with E-state index in [1.807, 2.05) is 0 Å². The van der Waals surface area contributed by atoms with Crippen LogP contribution in [0.4, 0.5) is 11.6 Å². The highest BCUT2D eigenvalue weighted by Crippen LogP contribution is 2.39. The molecule has 0 saturated heterocycles. The number of nitrogens with one attached hydrogen (secondary N) is 4. The van der Waals surface area contributed by atoms with Gasteiger partial charge in [-0.3, -0.25) is 14.4 Å². The van der Waals surface area contributed by atoms with Crippen LogP contribution in [-0.4, -0.2) is 56.3 Å². The average molecular weight is 611 g/mol. The Bertz CT molecular complexity index is 1270. The lowest BCUT2D eigenvalue weighted by molar-refractivity contribution is -0.138. The zero-order chi connectivity index (χ0) is 25.3. The van der Waals surface area contributed by atoms with E-state index in [0.29, 0.717) is 31.9 Å². The first-order valence-electron chi connectivity index (χ1n) is 10.3. The molecule has 1 aromatic carbocycles. The maximum atomic E-state index is 12.8. The van der Waals surface area contributed by atoms with E-state index in [1.54, 1.807) is 24.3 Å². The van der Waals surface area contributed by atoms with Crippen LogP contribution in [-0.2, 0) is 4.79 Å². The lowest BCUT2D eigenvalue weighted by Gasteiger charge is -2.35. The molecule has 0 radical (unpaired) electrons. The lowest BCUT2D eigenvalue weighted by Crippen LogP contribution is -2.45. The molecule has 9 N–H and O–H groups in total. The highest BCUT2D eigenvalue weighted by molar-refractivity contribution is 9.13. The van der Waals surface area contributed by atoms with E-state index < -0.39 is 29.9 Å². The van der Waals surface area contributed by atoms with Gasteiger partial charge in [0.25, 0.3) is 5.91 Å². The number of para-hydroxylation sites is 1. The van der Waals surface area contributed by atoms with Gasteiger partial charge in [0.2, 0.25) is 0 Å². The molecule has 3 atom stereocenters. The molecule has 184 valence electrons. The molecule has 4 rings (SSSR count). The van der Waals surface area contributed by atoms with Crippen LogP contribution in [0, 0.1) is 0 Å². The molecule has 14 heteroatoms. The van der Waals surface area contributed by atoms with Crippen molar-refractivity contribution in [3.63, 3.8) is 0 Å². The first kappa shape index (κ1) is 24.8. The number of halogens is 2. The van der Waals surface area contributed by atoms with E-state index >= 15 is 0 Å². The maximum Gasteiger partial charge on any atom is 0.320 e. The quantitative estimate of drug-likeness (QED) is 0.187. The Hall–Kier alpha value is -3.36. The highest BCUT2D eigenvalue weighted by Gasteiger charge is 2.35. The summed E-state index contributed by atoms with van der Waals surface area (Å²) >= 11 is 6.63. The fourth-order valence-electron chi connectivity index (χ4n) is 3.65. The van der Waals surface area contributed by atoms with Gasteiger partial charge in [-0.15, -0.1) is 0 Å². The van der Waals surface area contributed by atoms with Crippen LogP contribution >= 0.6 is 31.9 Å². The fourth-order valence-corrected chi connectivity index (χ4v) is 4.30. The molecule has 35 heavy (non-hydrogen) atoms. The van der Waals surface area contributed by atoms with Crippen molar-refractivity contribution in [1.29, 1.82) is 0 Å². The van der Waals surface area contributed by atoms with E-state index in [2.05, 4.69) is 57.4 Å². The van der Waals surface area contributed by atoms with Crippen LogP contribution in [0.3, 0.4) is 0 Å². The van der Waals surface area contributed by atoms with Gasteiger partial charge in [0.15, 0.2) is 17.8 Å². The Kier molecular flexibility index (Phi) is 7.14. The van der Waals surface area contributed by atoms with Crippen molar-refractivity contribution in [3.8, 4) is 5.75 Å². The molecule has 2 aromatic heterocycles. The summed E-state index contributed by atoms with van der Waals surface area (Å²) in [4.78, 5) is 46.5. The van der Waals surface area contributed by atoms with Crippen LogP contribution in [0.25, 0.3) is 0 Å². The number of benzene rings is 1. The van der Waals surface area contributed by atoms with Gasteiger partial charge in [-0.1, -0.05) is 6.07 Å². The number of aliphatic carboxylic acids is 1. The lowest BCUT2D eigenvalue weighted by atomic mass is 9.98. The summed E-state index contributed by atoms with van der Waals surface area (Å²) in [5.74, 6) is -1.51. The Labute approximate surface area is 215 Å². The zero-order valence-corrected chi connectivity index (χ0v) is 21.1. The zero-order valence-electron chi connectivity index (χ0n) is 18.0. The molecule has 1 aliphatic heterocycles. The molecule has 0 bridgehead atoms. The standard InChI is InChI=1S/C21H21Br2N7O5/c22-9-4-11(29-18(9)23)19(32)26-6-12-17(13-7-27-21(25)30-13)35-15-3-1-2-8(16(15)28-12)14(31)5-10(24)20(33)34/h1-4,7,10,12,17,28-29H,5-6,24H2,(H,26,32)(H,33,34)(H3,25,27,30)/t10-,12-,17+/m0/s1. The summed E-state index contributed by atoms with van der Waals surface area (Å²) < 4.78 is 7.51. The Morgan fingerprint density at radius 1 is 1.26 bits per heavy atom. The van der Waals surface area contributed by atoms with Gasteiger partial charge in [0.05, 0.1) is 32.7 Å². The predicted molar refractivity (Wildman–Crippen MR) is 133 cm³/mol. The van der Waals surface area contributed by atoms with E-state index in [-0.39, 0.29) is 30.4 Å². The van der Waals surface area contributed by atoms with Crippen LogP contribution in [0.2, 0.25) is 0 Å². The predicted octanol–water partition coefficient (Wildman–Crippen LogP) is 2.17. The molecule has 0 fully saturated rings. The summed E-state index contributed by atoms with van der Waals surface area (Å²) in [7, 11) is 0. The number of carbonyl (C=O) groups is 3. The molecule has 0 saturated carbocycles. The van der Waals surface area contributed by atoms with Crippen molar-refractivity contribution in [1.82, 2.24) is 20.3 Å². The van der Waals surface area contributed by atoms with Crippen molar-refractivity contribution in [2.45, 2.75) is 24.6 Å². The topological polar surface area (TPSA) is 201 Å². The van der Waals surface area contributed by atoms with E-state index in [9.17, 15) is 14.4 Å². The van der Waals surface area contributed by atoms with Crippen molar-refractivity contribution < 1.29 is 24.2 Å². The summed E-state index contributed by atoms with van der Waals surface area (Å²) in [6.07, 6.45) is 0.509. The molecule has 1 aliphatic rings. The fraction of sp³-hybridized carbons (Fsp3) is 0.238. The highest BCUT2D eigenvalue weighted by atomic mass is 79.9. The number of Topliss-reactive ketones (excluding diaryl/α,β-unsaturated/α-hetero) is 1. The SMILES string of the molecule is Nc1ncc([C@@H]2Oc3cccc(C(=O)C[C@H](N)C(=O)O)c3N[C@H]2CNC(=O)c2cc(Br)c(Br)[nH]2)[nH]1. The van der Waals surface area contributed by atoms with Crippen LogP contribution in [0.1, 0.15) is 39.1 Å². The number of ketones is 1. The molecule has 3 heterocycles. The van der Waals surface area contributed by atoms with E-state index in [0.717, 1.165) is 0 Å². The van der Waals surface area contributed by atoms with Crippen molar-refractivity contribution >= 4 is 61.2 Å². The normalized spacial score (nSPS) is 17.6. The molecular formula is C21H21Br2N7O5. The number of imidazole rings is 1. The molecule has 0 aliphatic carbocycles. The number of carboxylic acids is 1. The van der Waals surface area contributed by atoms with Gasteiger partial charge in [0, 0.05) is 18.5 Å². The maximum absolute atomic E-state index is 12.8. The van der Waals surface area contributed by atoms with E-state index in [1.165, 1.54) is 6.20 Å². The molecule has 1 amide bonds. The number of carboxylic acid groups (broad SMARTS) is 1. The summed E-state index contributed by atoms with van der Waals surface area (Å²) in [5, 5.41) is 15.2. The molecule has 12 nitrogen and oxygen atoms in total. The number of hydrogen-bond donors (Lipinski definition) is 7. The molecule has 0 spiro atoms. The van der Waals surface area contributed by atoms with Crippen LogP contribution < -0.4 is 26.8 Å². The monoisotopic (exact) mass is 609 g/mol. The largest absolute Gasteiger partial charge is 0.480 e. The average Bonchev–Trinajstić information content (AvgIpc) is 3.41. The number of hydrogen-bond acceptors (Lipinski definition) is 8. The van der Waals surface area contributed by atoms with Crippen molar-refractivity contribution in [2.24, 2.45) is 5.73 Å². The first-order chi connectivity index (χ1) is 16.6. The van der Waals surface area contributed by atoms with Gasteiger partial charge in [-0.05, 0) is 50.1 Å². The third kappa shape index (κ3) is 5.33. The number of rotatable bonds is 8. The van der Waals surface area contributed by atoms with E-state index in [4.69, 9.17) is 21.3 Å². The number of aromatic nitrogens is 3. The number of amides is 1. The minimum absolute atomic E-state index is 0.104. The second-order valence-corrected chi connectivity index (χ2v) is 9.47. The molecule has 0 unspecified atom stereocenters. The number of anilines is 2. The number of aromatic amines is 2. The van der Waals surface area contributed by atoms with Crippen molar-refractivity contribution in [2.75, 3.05) is 17.6 Å². The number of nitrogens with two attached hydrogens (primary N) is 2. The molecular weight excluding hydrogens is 590 g/mol. The van der Waals surface area contributed by atoms with Gasteiger partial charge >= 0.3 is 5.97 Å². The number of nitrogen functional groups attached to an aromatic ring is 1. The third-order valence-electron chi connectivity index (χ3n) is 5.37. The second kappa shape index (κ2) is 10.1. The summed E-state index contributed by atoms with van der Waals surface area (Å²) in [6.45, 7) is 0.104. The minimum atomic E-state index is -1.34. The Balaban J connectivity index is 1.61.